The molecule has 20 heavy (non-hydrogen) atoms. The van der Waals surface area contributed by atoms with Gasteiger partial charge < -0.3 is 10.6 Å². The molecular formula is C13H16N4OS2. The number of hydrogen-bond acceptors (Lipinski definition) is 6. The van der Waals surface area contributed by atoms with E-state index in [4.69, 9.17) is 0 Å². The molecule has 1 aromatic heterocycles. The molecule has 0 radical (unpaired) electrons. The molecule has 0 saturated heterocycles. The Labute approximate surface area is 126 Å². The molecule has 0 atom stereocenters. The number of hydrogen-bond donors (Lipinski definition) is 2. The number of nitrogens with one attached hydrogen (secondary N) is 2. The zero-order chi connectivity index (χ0) is 14.2. The standard InChI is InChI=1S/C13H16N4OS2/c1-2-14-12-16-17-13(20-12)19-9-8-11(18)15-10-6-4-3-5-7-10/h3-7H,2,8-9H2,1H3,(H,14,16)(H,15,18). The monoisotopic (exact) mass is 308 g/mol. The Morgan fingerprint density at radius 2 is 2.10 bits per heavy atom. The Bertz CT molecular complexity index is 544. The van der Waals surface area contributed by atoms with Crippen LogP contribution in [0.15, 0.2) is 34.7 Å². The second-order valence-electron chi connectivity index (χ2n) is 3.92. The number of carbonyl (C=O) groups is 1. The smallest absolute Gasteiger partial charge is 0.225 e. The van der Waals surface area contributed by atoms with Gasteiger partial charge in [0.05, 0.1) is 0 Å². The lowest BCUT2D eigenvalue weighted by molar-refractivity contribution is -0.115. The van der Waals surface area contributed by atoms with Gasteiger partial charge in [0.2, 0.25) is 11.0 Å². The number of thioether (sulfide) groups is 1. The Morgan fingerprint density at radius 3 is 2.85 bits per heavy atom. The number of nitrogens with zero attached hydrogens (tertiary/aromatic N) is 2. The van der Waals surface area contributed by atoms with Crippen LogP contribution in [0.4, 0.5) is 10.8 Å². The van der Waals surface area contributed by atoms with Gasteiger partial charge in [0.25, 0.3) is 0 Å². The van der Waals surface area contributed by atoms with Crippen molar-refractivity contribution in [3.63, 3.8) is 0 Å². The lowest BCUT2D eigenvalue weighted by Gasteiger charge is -2.03. The third-order valence-electron chi connectivity index (χ3n) is 2.35. The fourth-order valence-corrected chi connectivity index (χ4v) is 3.30. The van der Waals surface area contributed by atoms with Crippen molar-refractivity contribution in [2.45, 2.75) is 17.7 Å². The van der Waals surface area contributed by atoms with Gasteiger partial charge in [-0.3, -0.25) is 4.79 Å². The number of benzene rings is 1. The fourth-order valence-electron chi connectivity index (χ4n) is 1.47. The minimum Gasteiger partial charge on any atom is -0.360 e. The molecule has 2 N–H and O–H groups in total. The molecule has 7 heteroatoms. The van der Waals surface area contributed by atoms with Crippen molar-refractivity contribution in [1.82, 2.24) is 10.2 Å². The van der Waals surface area contributed by atoms with Crippen LogP contribution in [0.2, 0.25) is 0 Å². The Hall–Kier alpha value is -1.60. The van der Waals surface area contributed by atoms with Crippen LogP contribution >= 0.6 is 23.1 Å². The minimum atomic E-state index is 0.0140. The maximum Gasteiger partial charge on any atom is 0.225 e. The molecular weight excluding hydrogens is 292 g/mol. The summed E-state index contributed by atoms with van der Waals surface area (Å²) in [4.78, 5) is 11.7. The molecule has 106 valence electrons. The van der Waals surface area contributed by atoms with Crippen molar-refractivity contribution in [3.8, 4) is 0 Å². The number of aromatic nitrogens is 2. The van der Waals surface area contributed by atoms with Crippen molar-refractivity contribution in [3.05, 3.63) is 30.3 Å². The molecule has 2 rings (SSSR count). The second kappa shape index (κ2) is 7.86. The molecule has 0 spiro atoms. The van der Waals surface area contributed by atoms with Crippen molar-refractivity contribution in [2.75, 3.05) is 22.9 Å². The largest absolute Gasteiger partial charge is 0.360 e. The van der Waals surface area contributed by atoms with E-state index in [1.54, 1.807) is 11.8 Å². The molecule has 0 aliphatic carbocycles. The van der Waals surface area contributed by atoms with Gasteiger partial charge in [-0.05, 0) is 19.1 Å². The molecule has 1 aromatic carbocycles. The summed E-state index contributed by atoms with van der Waals surface area (Å²) in [5.74, 6) is 0.708. The van der Waals surface area contributed by atoms with E-state index in [0.717, 1.165) is 21.7 Å². The van der Waals surface area contributed by atoms with Gasteiger partial charge in [0.1, 0.15) is 0 Å². The SMILES string of the molecule is CCNc1nnc(SCCC(=O)Nc2ccccc2)s1. The Kier molecular flexibility index (Phi) is 5.82. The van der Waals surface area contributed by atoms with Crippen molar-refractivity contribution < 1.29 is 4.79 Å². The first-order chi connectivity index (χ1) is 9.78. The molecule has 0 saturated carbocycles. The van der Waals surface area contributed by atoms with Crippen molar-refractivity contribution >= 4 is 39.8 Å². The summed E-state index contributed by atoms with van der Waals surface area (Å²) in [6, 6.07) is 9.46. The van der Waals surface area contributed by atoms with E-state index in [1.165, 1.54) is 11.3 Å². The van der Waals surface area contributed by atoms with E-state index in [-0.39, 0.29) is 5.91 Å². The molecule has 0 aliphatic heterocycles. The van der Waals surface area contributed by atoms with Gasteiger partial charge in [-0.15, -0.1) is 10.2 Å². The first-order valence-electron chi connectivity index (χ1n) is 6.33. The van der Waals surface area contributed by atoms with E-state index in [2.05, 4.69) is 20.8 Å². The number of rotatable bonds is 7. The molecule has 0 bridgehead atoms. The van der Waals surface area contributed by atoms with Crippen LogP contribution in [0.25, 0.3) is 0 Å². The molecule has 5 nitrogen and oxygen atoms in total. The zero-order valence-electron chi connectivity index (χ0n) is 11.1. The van der Waals surface area contributed by atoms with Crippen LogP contribution in [-0.4, -0.2) is 28.4 Å². The lowest BCUT2D eigenvalue weighted by atomic mass is 10.3. The maximum absolute atomic E-state index is 11.7. The van der Waals surface area contributed by atoms with Crippen molar-refractivity contribution in [2.24, 2.45) is 0 Å². The van der Waals surface area contributed by atoms with Gasteiger partial charge in [-0.1, -0.05) is 41.3 Å². The van der Waals surface area contributed by atoms with Gasteiger partial charge in [-0.25, -0.2) is 0 Å². The summed E-state index contributed by atoms with van der Waals surface area (Å²) in [5.41, 5.74) is 0.827. The quantitative estimate of drug-likeness (QED) is 0.769. The Balaban J connectivity index is 1.71. The average molecular weight is 308 g/mol. The molecule has 0 fully saturated rings. The average Bonchev–Trinajstić information content (AvgIpc) is 2.88. The summed E-state index contributed by atoms with van der Waals surface area (Å²) in [6.45, 7) is 2.85. The molecule has 0 unspecified atom stereocenters. The fraction of sp³-hybridized carbons (Fsp3) is 0.308. The summed E-state index contributed by atoms with van der Waals surface area (Å²) in [6.07, 6.45) is 0.454. The van der Waals surface area contributed by atoms with Gasteiger partial charge >= 0.3 is 0 Å². The predicted molar refractivity (Wildman–Crippen MR) is 84.5 cm³/mol. The Morgan fingerprint density at radius 1 is 1.30 bits per heavy atom. The third-order valence-corrected chi connectivity index (χ3v) is 4.36. The van der Waals surface area contributed by atoms with Crippen LogP contribution < -0.4 is 10.6 Å². The topological polar surface area (TPSA) is 66.9 Å². The summed E-state index contributed by atoms with van der Waals surface area (Å²) in [5, 5.41) is 14.9. The number of amides is 1. The van der Waals surface area contributed by atoms with Gasteiger partial charge in [0, 0.05) is 24.4 Å². The summed E-state index contributed by atoms with van der Waals surface area (Å²) >= 11 is 3.06. The molecule has 0 aliphatic rings. The highest BCUT2D eigenvalue weighted by Gasteiger charge is 2.06. The maximum atomic E-state index is 11.7. The van der Waals surface area contributed by atoms with Crippen LogP contribution in [-0.2, 0) is 4.79 Å². The van der Waals surface area contributed by atoms with Crippen molar-refractivity contribution in [1.29, 1.82) is 0 Å². The number of anilines is 2. The highest BCUT2D eigenvalue weighted by atomic mass is 32.2. The van der Waals surface area contributed by atoms with E-state index in [1.807, 2.05) is 37.3 Å². The van der Waals surface area contributed by atoms with Crippen LogP contribution in [0.5, 0.6) is 0 Å². The lowest BCUT2D eigenvalue weighted by Crippen LogP contribution is -2.11. The highest BCUT2D eigenvalue weighted by Crippen LogP contribution is 2.25. The molecule has 1 heterocycles. The highest BCUT2D eigenvalue weighted by molar-refractivity contribution is 8.01. The second-order valence-corrected chi connectivity index (χ2v) is 6.24. The minimum absolute atomic E-state index is 0.0140. The summed E-state index contributed by atoms with van der Waals surface area (Å²) in [7, 11) is 0. The first-order valence-corrected chi connectivity index (χ1v) is 8.13. The summed E-state index contributed by atoms with van der Waals surface area (Å²) < 4.78 is 0.883. The van der Waals surface area contributed by atoms with Crippen LogP contribution in [0.3, 0.4) is 0 Å². The zero-order valence-corrected chi connectivity index (χ0v) is 12.8. The van der Waals surface area contributed by atoms with Crippen LogP contribution in [0, 0.1) is 0 Å². The van der Waals surface area contributed by atoms with E-state index in [0.29, 0.717) is 12.2 Å². The van der Waals surface area contributed by atoms with E-state index in [9.17, 15) is 4.79 Å². The third kappa shape index (κ3) is 4.82. The van der Waals surface area contributed by atoms with E-state index >= 15 is 0 Å². The van der Waals surface area contributed by atoms with Gasteiger partial charge in [0.15, 0.2) is 4.34 Å². The molecule has 1 amide bonds. The number of para-hydroxylation sites is 1. The number of carbonyl (C=O) groups excluding carboxylic acids is 1. The predicted octanol–water partition coefficient (Wildman–Crippen LogP) is 3.09. The van der Waals surface area contributed by atoms with E-state index < -0.39 is 0 Å². The molecule has 2 aromatic rings. The van der Waals surface area contributed by atoms with Crippen LogP contribution in [0.1, 0.15) is 13.3 Å². The normalized spacial score (nSPS) is 10.2. The van der Waals surface area contributed by atoms with Gasteiger partial charge in [-0.2, -0.15) is 0 Å². The first kappa shape index (κ1) is 14.8.